The van der Waals surface area contributed by atoms with Crippen LogP contribution in [0.1, 0.15) is 34.6 Å². The van der Waals surface area contributed by atoms with Crippen LogP contribution in [0.5, 0.6) is 0 Å². The zero-order valence-corrected chi connectivity index (χ0v) is 10.8. The van der Waals surface area contributed by atoms with Crippen LogP contribution >= 0.6 is 0 Å². The van der Waals surface area contributed by atoms with Crippen molar-refractivity contribution in [3.63, 3.8) is 0 Å². The molecule has 0 aliphatic heterocycles. The molecule has 0 aromatic rings. The number of carbonyl (C=O) groups is 2. The number of rotatable bonds is 6. The van der Waals surface area contributed by atoms with Crippen molar-refractivity contribution in [1.29, 1.82) is 0 Å². The summed E-state index contributed by atoms with van der Waals surface area (Å²) >= 11 is 0. The quantitative estimate of drug-likeness (QED) is 0.655. The summed E-state index contributed by atoms with van der Waals surface area (Å²) in [6.07, 6.45) is 0. The second-order valence-corrected chi connectivity index (χ2v) is 4.49. The number of ether oxygens (including phenoxy) is 2. The first-order valence-corrected chi connectivity index (χ1v) is 5.61. The van der Waals surface area contributed by atoms with Gasteiger partial charge >= 0.3 is 11.9 Å². The molecule has 0 heterocycles. The molecule has 0 N–H and O–H groups in total. The SMILES string of the molecule is CC(=O)OCC(C)C(COC(C)=O)C(C)C. The summed E-state index contributed by atoms with van der Waals surface area (Å²) in [5.74, 6) is 0.226. The highest BCUT2D eigenvalue weighted by Crippen LogP contribution is 2.21. The fraction of sp³-hybridized carbons (Fsp3) is 0.833. The third-order valence-electron chi connectivity index (χ3n) is 2.62. The minimum atomic E-state index is -0.276. The van der Waals surface area contributed by atoms with E-state index in [1.54, 1.807) is 0 Å². The summed E-state index contributed by atoms with van der Waals surface area (Å²) < 4.78 is 9.98. The van der Waals surface area contributed by atoms with Crippen molar-refractivity contribution in [2.75, 3.05) is 13.2 Å². The van der Waals surface area contributed by atoms with E-state index in [0.717, 1.165) is 0 Å². The van der Waals surface area contributed by atoms with Gasteiger partial charge in [-0.15, -0.1) is 0 Å². The second-order valence-electron chi connectivity index (χ2n) is 4.49. The Balaban J connectivity index is 4.17. The van der Waals surface area contributed by atoms with Gasteiger partial charge in [-0.25, -0.2) is 0 Å². The average molecular weight is 230 g/mol. The zero-order chi connectivity index (χ0) is 12.7. The lowest BCUT2D eigenvalue weighted by atomic mass is 9.85. The summed E-state index contributed by atoms with van der Waals surface area (Å²) in [5, 5.41) is 0. The minimum Gasteiger partial charge on any atom is -0.466 e. The first-order valence-electron chi connectivity index (χ1n) is 5.61. The molecule has 0 radical (unpaired) electrons. The van der Waals surface area contributed by atoms with Gasteiger partial charge in [0.2, 0.25) is 0 Å². The standard InChI is InChI=1S/C12H22O4/c1-8(2)12(7-16-11(5)14)9(3)6-15-10(4)13/h8-9,12H,6-7H2,1-5H3. The number of carbonyl (C=O) groups excluding carboxylic acids is 2. The largest absolute Gasteiger partial charge is 0.466 e. The zero-order valence-electron chi connectivity index (χ0n) is 10.8. The fourth-order valence-corrected chi connectivity index (χ4v) is 1.60. The van der Waals surface area contributed by atoms with Crippen LogP contribution < -0.4 is 0 Å². The highest BCUT2D eigenvalue weighted by molar-refractivity contribution is 5.66. The molecule has 0 aromatic heterocycles. The smallest absolute Gasteiger partial charge is 0.302 e. The predicted octanol–water partition coefficient (Wildman–Crippen LogP) is 2.02. The number of hydrogen-bond donors (Lipinski definition) is 0. The van der Waals surface area contributed by atoms with E-state index in [4.69, 9.17) is 9.47 Å². The van der Waals surface area contributed by atoms with Crippen molar-refractivity contribution in [3.8, 4) is 0 Å². The maximum Gasteiger partial charge on any atom is 0.302 e. The monoisotopic (exact) mass is 230 g/mol. The molecule has 4 nitrogen and oxygen atoms in total. The summed E-state index contributed by atoms with van der Waals surface area (Å²) in [4.78, 5) is 21.5. The van der Waals surface area contributed by atoms with E-state index in [2.05, 4.69) is 13.8 Å². The Hall–Kier alpha value is -1.06. The van der Waals surface area contributed by atoms with Crippen LogP contribution in [-0.2, 0) is 19.1 Å². The summed E-state index contributed by atoms with van der Waals surface area (Å²) in [6.45, 7) is 9.68. The van der Waals surface area contributed by atoms with Crippen molar-refractivity contribution in [3.05, 3.63) is 0 Å². The van der Waals surface area contributed by atoms with Crippen molar-refractivity contribution < 1.29 is 19.1 Å². The third kappa shape index (κ3) is 6.43. The van der Waals surface area contributed by atoms with Crippen molar-refractivity contribution in [2.24, 2.45) is 17.8 Å². The Morgan fingerprint density at radius 1 is 0.938 bits per heavy atom. The highest BCUT2D eigenvalue weighted by Gasteiger charge is 2.23. The van der Waals surface area contributed by atoms with E-state index in [-0.39, 0.29) is 23.8 Å². The molecule has 0 saturated carbocycles. The van der Waals surface area contributed by atoms with E-state index in [1.807, 2.05) is 6.92 Å². The predicted molar refractivity (Wildman–Crippen MR) is 60.8 cm³/mol. The summed E-state index contributed by atoms with van der Waals surface area (Å²) in [7, 11) is 0. The molecule has 2 atom stereocenters. The maximum atomic E-state index is 10.8. The first kappa shape index (κ1) is 14.9. The van der Waals surface area contributed by atoms with Gasteiger partial charge in [-0.2, -0.15) is 0 Å². The molecule has 0 saturated heterocycles. The van der Waals surface area contributed by atoms with Gasteiger partial charge in [0.25, 0.3) is 0 Å². The summed E-state index contributed by atoms with van der Waals surface area (Å²) in [5.41, 5.74) is 0. The van der Waals surface area contributed by atoms with Gasteiger partial charge in [0, 0.05) is 19.8 Å². The molecule has 0 aliphatic rings. The van der Waals surface area contributed by atoms with Gasteiger partial charge in [-0.1, -0.05) is 20.8 Å². The van der Waals surface area contributed by atoms with Crippen LogP contribution in [0.25, 0.3) is 0 Å². The van der Waals surface area contributed by atoms with Crippen LogP contribution in [0.3, 0.4) is 0 Å². The Kier molecular flexibility index (Phi) is 6.77. The molecule has 4 heteroatoms. The Labute approximate surface area is 97.3 Å². The topological polar surface area (TPSA) is 52.6 Å². The summed E-state index contributed by atoms with van der Waals surface area (Å²) in [6, 6.07) is 0. The number of hydrogen-bond acceptors (Lipinski definition) is 4. The van der Waals surface area contributed by atoms with Gasteiger partial charge in [-0.3, -0.25) is 9.59 Å². The highest BCUT2D eigenvalue weighted by atomic mass is 16.5. The van der Waals surface area contributed by atoms with E-state index in [1.165, 1.54) is 13.8 Å². The van der Waals surface area contributed by atoms with E-state index in [9.17, 15) is 9.59 Å². The van der Waals surface area contributed by atoms with Crippen molar-refractivity contribution >= 4 is 11.9 Å². The molecule has 0 amide bonds. The lowest BCUT2D eigenvalue weighted by Gasteiger charge is -2.26. The lowest BCUT2D eigenvalue weighted by Crippen LogP contribution is -2.28. The third-order valence-corrected chi connectivity index (χ3v) is 2.62. The molecule has 0 fully saturated rings. The molecular weight excluding hydrogens is 208 g/mol. The van der Waals surface area contributed by atoms with Gasteiger partial charge in [0.15, 0.2) is 0 Å². The molecule has 0 aromatic carbocycles. The molecule has 94 valence electrons. The molecule has 0 bridgehead atoms. The molecule has 2 unspecified atom stereocenters. The van der Waals surface area contributed by atoms with Gasteiger partial charge in [-0.05, 0) is 11.8 Å². The van der Waals surface area contributed by atoms with Gasteiger partial charge < -0.3 is 9.47 Å². The van der Waals surface area contributed by atoms with Crippen LogP contribution in [-0.4, -0.2) is 25.2 Å². The van der Waals surface area contributed by atoms with Crippen LogP contribution in [0, 0.1) is 17.8 Å². The lowest BCUT2D eigenvalue weighted by molar-refractivity contribution is -0.147. The van der Waals surface area contributed by atoms with Crippen molar-refractivity contribution in [1.82, 2.24) is 0 Å². The first-order chi connectivity index (χ1) is 7.34. The van der Waals surface area contributed by atoms with Gasteiger partial charge in [0.05, 0.1) is 13.2 Å². The van der Waals surface area contributed by atoms with E-state index < -0.39 is 0 Å². The number of esters is 2. The average Bonchev–Trinajstić information content (AvgIpc) is 2.13. The van der Waals surface area contributed by atoms with E-state index >= 15 is 0 Å². The second kappa shape index (κ2) is 7.25. The van der Waals surface area contributed by atoms with E-state index in [0.29, 0.717) is 19.1 Å². The Bertz CT molecular complexity index is 235. The van der Waals surface area contributed by atoms with Crippen LogP contribution in [0.2, 0.25) is 0 Å². The molecular formula is C12H22O4. The molecule has 16 heavy (non-hydrogen) atoms. The minimum absolute atomic E-state index is 0.184. The normalized spacial score (nSPS) is 14.4. The fourth-order valence-electron chi connectivity index (χ4n) is 1.60. The Morgan fingerprint density at radius 2 is 1.38 bits per heavy atom. The molecule has 0 aliphatic carbocycles. The van der Waals surface area contributed by atoms with Crippen LogP contribution in [0.4, 0.5) is 0 Å². The molecule has 0 rings (SSSR count). The Morgan fingerprint density at radius 3 is 1.75 bits per heavy atom. The maximum absolute atomic E-state index is 10.8. The van der Waals surface area contributed by atoms with Crippen molar-refractivity contribution in [2.45, 2.75) is 34.6 Å². The molecule has 0 spiro atoms. The van der Waals surface area contributed by atoms with Crippen LogP contribution in [0.15, 0.2) is 0 Å². The van der Waals surface area contributed by atoms with Gasteiger partial charge in [0.1, 0.15) is 0 Å².